The van der Waals surface area contributed by atoms with Crippen molar-refractivity contribution in [2.75, 3.05) is 33.4 Å². The summed E-state index contributed by atoms with van der Waals surface area (Å²) in [5, 5.41) is 11.1. The molecule has 1 fully saturated rings. The van der Waals surface area contributed by atoms with E-state index in [9.17, 15) is 9.59 Å². The molecular formula is C17H25ClN2O5. The molecule has 0 bridgehead atoms. The van der Waals surface area contributed by atoms with Crippen molar-refractivity contribution in [3.8, 4) is 5.75 Å². The minimum atomic E-state index is -1.05. The Morgan fingerprint density at radius 1 is 1.44 bits per heavy atom. The lowest BCUT2D eigenvalue weighted by Crippen LogP contribution is -2.41. The van der Waals surface area contributed by atoms with Crippen LogP contribution in [0.1, 0.15) is 18.4 Å². The number of hydrogen-bond donors (Lipinski definition) is 2. The van der Waals surface area contributed by atoms with Crippen LogP contribution in [0.15, 0.2) is 24.3 Å². The van der Waals surface area contributed by atoms with Crippen molar-refractivity contribution in [2.24, 2.45) is 0 Å². The number of rotatable bonds is 9. The van der Waals surface area contributed by atoms with E-state index in [-0.39, 0.29) is 37.5 Å². The molecule has 0 radical (unpaired) electrons. The van der Waals surface area contributed by atoms with E-state index < -0.39 is 5.97 Å². The number of aliphatic carboxylic acids is 1. The van der Waals surface area contributed by atoms with E-state index in [4.69, 9.17) is 14.6 Å². The zero-order valence-electron chi connectivity index (χ0n) is 14.3. The fourth-order valence-electron chi connectivity index (χ4n) is 2.72. The highest BCUT2D eigenvalue weighted by molar-refractivity contribution is 5.85. The van der Waals surface area contributed by atoms with Gasteiger partial charge in [0.15, 0.2) is 0 Å². The first-order valence-corrected chi connectivity index (χ1v) is 8.02. The number of hydrogen-bond acceptors (Lipinski definition) is 5. The molecule has 140 valence electrons. The number of carbonyl (C=O) groups is 2. The molecule has 25 heavy (non-hydrogen) atoms. The number of carboxylic acid groups (broad SMARTS) is 1. The zero-order valence-corrected chi connectivity index (χ0v) is 15.1. The van der Waals surface area contributed by atoms with Crippen LogP contribution >= 0.6 is 12.4 Å². The smallest absolute Gasteiger partial charge is 0.322 e. The number of amides is 1. The van der Waals surface area contributed by atoms with Gasteiger partial charge < -0.3 is 19.9 Å². The molecule has 1 unspecified atom stereocenters. The Labute approximate surface area is 153 Å². The molecule has 2 N–H and O–H groups in total. The van der Waals surface area contributed by atoms with Crippen molar-refractivity contribution >= 4 is 24.3 Å². The van der Waals surface area contributed by atoms with Crippen LogP contribution in [-0.4, -0.2) is 61.3 Å². The Morgan fingerprint density at radius 2 is 2.24 bits per heavy atom. The largest absolute Gasteiger partial charge is 0.497 e. The molecule has 0 aromatic heterocycles. The summed E-state index contributed by atoms with van der Waals surface area (Å²) in [6.45, 7) is 1.72. The van der Waals surface area contributed by atoms with E-state index in [1.54, 1.807) is 7.11 Å². The van der Waals surface area contributed by atoms with Gasteiger partial charge >= 0.3 is 5.97 Å². The zero-order chi connectivity index (χ0) is 17.4. The van der Waals surface area contributed by atoms with Gasteiger partial charge in [0.25, 0.3) is 0 Å². The van der Waals surface area contributed by atoms with E-state index in [1.807, 2.05) is 29.2 Å². The van der Waals surface area contributed by atoms with Crippen molar-refractivity contribution in [3.05, 3.63) is 29.8 Å². The quantitative estimate of drug-likeness (QED) is 0.679. The van der Waals surface area contributed by atoms with E-state index in [0.717, 1.165) is 30.8 Å². The Hall–Kier alpha value is -1.83. The average molecular weight is 373 g/mol. The van der Waals surface area contributed by atoms with Gasteiger partial charge in [0.05, 0.1) is 19.8 Å². The number of methoxy groups -OCH3 is 1. The first kappa shape index (κ1) is 21.2. The van der Waals surface area contributed by atoms with Crippen LogP contribution in [0.25, 0.3) is 0 Å². The van der Waals surface area contributed by atoms with Gasteiger partial charge in [-0.15, -0.1) is 12.4 Å². The van der Waals surface area contributed by atoms with Gasteiger partial charge in [-0.25, -0.2) is 0 Å². The molecule has 2 rings (SSSR count). The third kappa shape index (κ3) is 7.72. The molecular weight excluding hydrogens is 348 g/mol. The van der Waals surface area contributed by atoms with Crippen molar-refractivity contribution in [2.45, 2.75) is 25.5 Å². The second-order valence-electron chi connectivity index (χ2n) is 5.83. The Bertz CT molecular complexity index is 564. The number of nitrogens with one attached hydrogen (secondary N) is 1. The second-order valence-corrected chi connectivity index (χ2v) is 5.83. The number of carboxylic acids is 1. The van der Waals surface area contributed by atoms with E-state index in [2.05, 4.69) is 5.32 Å². The lowest BCUT2D eigenvalue weighted by Gasteiger charge is -2.24. The van der Waals surface area contributed by atoms with Crippen LogP contribution < -0.4 is 10.1 Å². The summed E-state index contributed by atoms with van der Waals surface area (Å²) < 4.78 is 10.9. The molecule has 1 aromatic carbocycles. The molecule has 1 aliphatic heterocycles. The average Bonchev–Trinajstić information content (AvgIpc) is 3.06. The molecule has 1 saturated heterocycles. The molecule has 0 spiro atoms. The molecule has 8 heteroatoms. The predicted molar refractivity (Wildman–Crippen MR) is 95.1 cm³/mol. The van der Waals surface area contributed by atoms with E-state index in [1.165, 1.54) is 0 Å². The normalized spacial score (nSPS) is 16.3. The van der Waals surface area contributed by atoms with Crippen molar-refractivity contribution in [3.63, 3.8) is 0 Å². The third-order valence-electron chi connectivity index (χ3n) is 3.83. The summed E-state index contributed by atoms with van der Waals surface area (Å²) in [6, 6.07) is 7.67. The number of ether oxygens (including phenoxy) is 2. The molecule has 1 atom stereocenters. The maximum atomic E-state index is 12.0. The van der Waals surface area contributed by atoms with Crippen LogP contribution in [0.5, 0.6) is 5.75 Å². The number of carbonyl (C=O) groups excluding carboxylic acids is 1. The summed E-state index contributed by atoms with van der Waals surface area (Å²) in [5.74, 6) is -0.597. The van der Waals surface area contributed by atoms with Gasteiger partial charge in [-0.3, -0.25) is 14.5 Å². The summed E-state index contributed by atoms with van der Waals surface area (Å²) in [6.07, 6.45) is 2.12. The van der Waals surface area contributed by atoms with Crippen LogP contribution in [0.3, 0.4) is 0 Å². The first-order chi connectivity index (χ1) is 11.6. The first-order valence-electron chi connectivity index (χ1n) is 8.02. The molecule has 0 aliphatic carbocycles. The summed E-state index contributed by atoms with van der Waals surface area (Å²) in [7, 11) is 1.61. The van der Waals surface area contributed by atoms with Gasteiger partial charge in [-0.1, -0.05) is 12.1 Å². The van der Waals surface area contributed by atoms with Crippen LogP contribution in [0.2, 0.25) is 0 Å². The van der Waals surface area contributed by atoms with Crippen LogP contribution in [0, 0.1) is 0 Å². The minimum Gasteiger partial charge on any atom is -0.497 e. The molecule has 7 nitrogen and oxygen atoms in total. The van der Waals surface area contributed by atoms with E-state index >= 15 is 0 Å². The topological polar surface area (TPSA) is 88.1 Å². The van der Waals surface area contributed by atoms with Gasteiger partial charge in [-0.05, 0) is 30.5 Å². The van der Waals surface area contributed by atoms with Gasteiger partial charge in [-0.2, -0.15) is 0 Å². The highest BCUT2D eigenvalue weighted by atomic mass is 35.5. The maximum Gasteiger partial charge on any atom is 0.322 e. The highest BCUT2D eigenvalue weighted by Gasteiger charge is 2.21. The number of halogens is 1. The van der Waals surface area contributed by atoms with Gasteiger partial charge in [0, 0.05) is 19.7 Å². The standard InChI is InChI=1S/C17H24N2O5.ClH/c1-23-14-5-2-4-13(8-14)10-19(11-15-6-3-7-24-15)12-16(20)18-9-17(21)22;/h2,4-5,8,15H,3,6-7,9-12H2,1H3,(H,18,20)(H,21,22);1H. The predicted octanol–water partition coefficient (Wildman–Crippen LogP) is 1.30. The molecule has 0 saturated carbocycles. The van der Waals surface area contributed by atoms with Crippen molar-refractivity contribution in [1.82, 2.24) is 10.2 Å². The number of benzene rings is 1. The third-order valence-corrected chi connectivity index (χ3v) is 3.83. The summed E-state index contributed by atoms with van der Waals surface area (Å²) in [4.78, 5) is 24.5. The molecule has 1 amide bonds. The maximum absolute atomic E-state index is 12.0. The monoisotopic (exact) mass is 372 g/mol. The fraction of sp³-hybridized carbons (Fsp3) is 0.529. The summed E-state index contributed by atoms with van der Waals surface area (Å²) >= 11 is 0. The van der Waals surface area contributed by atoms with Crippen molar-refractivity contribution in [1.29, 1.82) is 0 Å². The molecule has 1 heterocycles. The van der Waals surface area contributed by atoms with Crippen LogP contribution in [-0.2, 0) is 20.9 Å². The molecule has 1 aromatic rings. The van der Waals surface area contributed by atoms with Gasteiger partial charge in [0.1, 0.15) is 12.3 Å². The highest BCUT2D eigenvalue weighted by Crippen LogP contribution is 2.17. The Morgan fingerprint density at radius 3 is 2.88 bits per heavy atom. The summed E-state index contributed by atoms with van der Waals surface area (Å²) in [5.41, 5.74) is 1.03. The fourth-order valence-corrected chi connectivity index (χ4v) is 2.72. The van der Waals surface area contributed by atoms with Crippen molar-refractivity contribution < 1.29 is 24.2 Å². The second kappa shape index (κ2) is 10.9. The van der Waals surface area contributed by atoms with Crippen LogP contribution in [0.4, 0.5) is 0 Å². The lowest BCUT2D eigenvalue weighted by molar-refractivity contribution is -0.138. The molecule has 1 aliphatic rings. The Balaban J connectivity index is 0.00000312. The number of nitrogens with zero attached hydrogens (tertiary/aromatic N) is 1. The lowest BCUT2D eigenvalue weighted by atomic mass is 10.1. The minimum absolute atomic E-state index is 0. The Kier molecular flexibility index (Phi) is 9.26. The SMILES string of the molecule is COc1cccc(CN(CC(=O)NCC(=O)O)CC2CCCO2)c1.Cl. The van der Waals surface area contributed by atoms with Gasteiger partial charge in [0.2, 0.25) is 5.91 Å². The van der Waals surface area contributed by atoms with E-state index in [0.29, 0.717) is 13.1 Å².